The van der Waals surface area contributed by atoms with E-state index in [2.05, 4.69) is 5.32 Å². The molecule has 0 aromatic heterocycles. The van der Waals surface area contributed by atoms with Gasteiger partial charge in [-0.25, -0.2) is 4.39 Å². The Bertz CT molecular complexity index is 481. The summed E-state index contributed by atoms with van der Waals surface area (Å²) < 4.78 is 19.2. The van der Waals surface area contributed by atoms with Crippen LogP contribution in [0.3, 0.4) is 0 Å². The number of hydrogen-bond acceptors (Lipinski definition) is 3. The smallest absolute Gasteiger partial charge is 0.261 e. The summed E-state index contributed by atoms with van der Waals surface area (Å²) in [6.45, 7) is 8.97. The van der Waals surface area contributed by atoms with E-state index >= 15 is 0 Å². The van der Waals surface area contributed by atoms with E-state index in [9.17, 15) is 9.18 Å². The number of nitrogens with two attached hydrogens (primary N) is 1. The molecule has 1 amide bonds. The lowest BCUT2D eigenvalue weighted by Gasteiger charge is -2.23. The maximum Gasteiger partial charge on any atom is 0.261 e. The third kappa shape index (κ3) is 4.81. The number of carbonyl (C=O) groups excluding carboxylic acids is 1. The van der Waals surface area contributed by atoms with Gasteiger partial charge in [0.15, 0.2) is 17.7 Å². The standard InChI is InChI=1S/C15H23FN2O2/c1-9(17)11-6-7-13(12(16)8-11)20-10(2)14(19)18-15(3,4)5/h6-10H,17H2,1-5H3,(H,18,19)/t9-,10?/m0/s1. The molecule has 1 aromatic carbocycles. The molecule has 1 rings (SSSR count). The summed E-state index contributed by atoms with van der Waals surface area (Å²) in [6, 6.07) is 4.26. The van der Waals surface area contributed by atoms with E-state index in [1.807, 2.05) is 20.8 Å². The minimum absolute atomic E-state index is 0.0472. The Labute approximate surface area is 119 Å². The highest BCUT2D eigenvalue weighted by Gasteiger charge is 2.21. The van der Waals surface area contributed by atoms with Crippen molar-refractivity contribution in [3.63, 3.8) is 0 Å². The van der Waals surface area contributed by atoms with Crippen LogP contribution in [0.15, 0.2) is 18.2 Å². The van der Waals surface area contributed by atoms with Gasteiger partial charge in [0, 0.05) is 11.6 Å². The van der Waals surface area contributed by atoms with Crippen molar-refractivity contribution in [3.05, 3.63) is 29.6 Å². The van der Waals surface area contributed by atoms with Crippen molar-refractivity contribution in [2.24, 2.45) is 5.73 Å². The van der Waals surface area contributed by atoms with Crippen LogP contribution in [0.4, 0.5) is 4.39 Å². The summed E-state index contributed by atoms with van der Waals surface area (Å²) in [5.74, 6) is -0.755. The number of hydrogen-bond donors (Lipinski definition) is 2. The molecule has 0 heterocycles. The Balaban J connectivity index is 2.76. The Kier molecular flexibility index (Phi) is 5.11. The molecule has 0 saturated carbocycles. The molecule has 0 spiro atoms. The third-order valence-electron chi connectivity index (χ3n) is 2.65. The van der Waals surface area contributed by atoms with E-state index in [1.54, 1.807) is 19.9 Å². The summed E-state index contributed by atoms with van der Waals surface area (Å²) in [5.41, 5.74) is 6.01. The topological polar surface area (TPSA) is 64.3 Å². The van der Waals surface area contributed by atoms with Crippen molar-refractivity contribution in [3.8, 4) is 5.75 Å². The van der Waals surface area contributed by atoms with E-state index in [-0.39, 0.29) is 23.2 Å². The lowest BCUT2D eigenvalue weighted by atomic mass is 10.1. The van der Waals surface area contributed by atoms with E-state index < -0.39 is 11.9 Å². The third-order valence-corrected chi connectivity index (χ3v) is 2.65. The quantitative estimate of drug-likeness (QED) is 0.892. The molecule has 20 heavy (non-hydrogen) atoms. The molecule has 1 unspecified atom stereocenters. The molecule has 0 aliphatic rings. The Hall–Kier alpha value is -1.62. The summed E-state index contributed by atoms with van der Waals surface area (Å²) >= 11 is 0. The number of halogens is 1. The fraction of sp³-hybridized carbons (Fsp3) is 0.533. The predicted molar refractivity (Wildman–Crippen MR) is 77.0 cm³/mol. The first-order valence-electron chi connectivity index (χ1n) is 6.64. The Morgan fingerprint density at radius 1 is 1.35 bits per heavy atom. The van der Waals surface area contributed by atoms with Crippen LogP contribution in [0.5, 0.6) is 5.75 Å². The highest BCUT2D eigenvalue weighted by molar-refractivity contribution is 5.81. The van der Waals surface area contributed by atoms with Crippen molar-refractivity contribution < 1.29 is 13.9 Å². The minimum Gasteiger partial charge on any atom is -0.478 e. The summed E-state index contributed by atoms with van der Waals surface area (Å²) in [5, 5.41) is 2.78. The second-order valence-electron chi connectivity index (χ2n) is 5.98. The number of ether oxygens (including phenoxy) is 1. The van der Waals surface area contributed by atoms with Crippen molar-refractivity contribution >= 4 is 5.91 Å². The van der Waals surface area contributed by atoms with Crippen molar-refractivity contribution in [1.82, 2.24) is 5.32 Å². The molecule has 4 nitrogen and oxygen atoms in total. The minimum atomic E-state index is -0.773. The van der Waals surface area contributed by atoms with Gasteiger partial charge in [-0.1, -0.05) is 6.07 Å². The lowest BCUT2D eigenvalue weighted by molar-refractivity contribution is -0.128. The van der Waals surface area contributed by atoms with E-state index in [1.165, 1.54) is 12.1 Å². The van der Waals surface area contributed by atoms with Gasteiger partial charge < -0.3 is 15.8 Å². The normalized spacial score (nSPS) is 14.6. The maximum atomic E-state index is 13.9. The first-order chi connectivity index (χ1) is 9.10. The van der Waals surface area contributed by atoms with Crippen LogP contribution in [0.25, 0.3) is 0 Å². The second kappa shape index (κ2) is 6.22. The van der Waals surface area contributed by atoms with Crippen molar-refractivity contribution in [2.75, 3.05) is 0 Å². The van der Waals surface area contributed by atoms with Gasteiger partial charge in [0.25, 0.3) is 5.91 Å². The number of rotatable bonds is 4. The van der Waals surface area contributed by atoms with Gasteiger partial charge in [0.2, 0.25) is 0 Å². The van der Waals surface area contributed by atoms with E-state index in [0.29, 0.717) is 5.56 Å². The van der Waals surface area contributed by atoms with Gasteiger partial charge in [-0.3, -0.25) is 4.79 Å². The highest BCUT2D eigenvalue weighted by Crippen LogP contribution is 2.22. The number of amides is 1. The first kappa shape index (κ1) is 16.4. The van der Waals surface area contributed by atoms with Crippen LogP contribution < -0.4 is 15.8 Å². The van der Waals surface area contributed by atoms with Crippen molar-refractivity contribution in [2.45, 2.75) is 52.3 Å². The van der Waals surface area contributed by atoms with E-state index in [4.69, 9.17) is 10.5 Å². The van der Waals surface area contributed by atoms with Crippen LogP contribution in [-0.4, -0.2) is 17.6 Å². The molecule has 0 bridgehead atoms. The zero-order valence-corrected chi connectivity index (χ0v) is 12.7. The van der Waals surface area contributed by atoms with Gasteiger partial charge in [-0.05, 0) is 52.3 Å². The largest absolute Gasteiger partial charge is 0.478 e. The molecule has 0 saturated heterocycles. The number of nitrogens with one attached hydrogen (secondary N) is 1. The fourth-order valence-electron chi connectivity index (χ4n) is 1.61. The highest BCUT2D eigenvalue weighted by atomic mass is 19.1. The molecule has 112 valence electrons. The maximum absolute atomic E-state index is 13.9. The fourth-order valence-corrected chi connectivity index (χ4v) is 1.61. The van der Waals surface area contributed by atoms with Crippen LogP contribution in [-0.2, 0) is 4.79 Å². The van der Waals surface area contributed by atoms with Crippen molar-refractivity contribution in [1.29, 1.82) is 0 Å². The average Bonchev–Trinajstić information content (AvgIpc) is 2.29. The summed E-state index contributed by atoms with van der Waals surface area (Å²) in [7, 11) is 0. The monoisotopic (exact) mass is 282 g/mol. The molecule has 0 radical (unpaired) electrons. The van der Waals surface area contributed by atoms with Gasteiger partial charge in [-0.2, -0.15) is 0 Å². The molecule has 5 heteroatoms. The van der Waals surface area contributed by atoms with Crippen LogP contribution in [0, 0.1) is 5.82 Å². The molecule has 0 fully saturated rings. The lowest BCUT2D eigenvalue weighted by Crippen LogP contribution is -2.46. The number of benzene rings is 1. The van der Waals surface area contributed by atoms with Gasteiger partial charge in [0.1, 0.15) is 0 Å². The summed E-state index contributed by atoms with van der Waals surface area (Å²) in [6.07, 6.45) is -0.773. The SMILES string of the molecule is CC(Oc1ccc([C@H](C)N)cc1F)C(=O)NC(C)(C)C. The zero-order chi connectivity index (χ0) is 15.5. The molecule has 1 aromatic rings. The average molecular weight is 282 g/mol. The second-order valence-corrected chi connectivity index (χ2v) is 5.98. The Morgan fingerprint density at radius 3 is 2.40 bits per heavy atom. The summed E-state index contributed by atoms with van der Waals surface area (Å²) in [4.78, 5) is 11.9. The molecule has 2 atom stereocenters. The Morgan fingerprint density at radius 2 is 1.95 bits per heavy atom. The first-order valence-corrected chi connectivity index (χ1v) is 6.64. The van der Waals surface area contributed by atoms with Gasteiger partial charge >= 0.3 is 0 Å². The van der Waals surface area contributed by atoms with Gasteiger partial charge in [-0.15, -0.1) is 0 Å². The van der Waals surface area contributed by atoms with Gasteiger partial charge in [0.05, 0.1) is 0 Å². The molecule has 0 aliphatic carbocycles. The molecule has 3 N–H and O–H groups in total. The van der Waals surface area contributed by atoms with Crippen LogP contribution in [0.2, 0.25) is 0 Å². The van der Waals surface area contributed by atoms with Crippen LogP contribution >= 0.6 is 0 Å². The van der Waals surface area contributed by atoms with Crippen LogP contribution in [0.1, 0.15) is 46.2 Å². The predicted octanol–water partition coefficient (Wildman–Crippen LogP) is 2.53. The molecule has 0 aliphatic heterocycles. The zero-order valence-electron chi connectivity index (χ0n) is 12.7. The molecular formula is C15H23FN2O2. The van der Waals surface area contributed by atoms with E-state index in [0.717, 1.165) is 0 Å². The number of carbonyl (C=O) groups is 1. The molecular weight excluding hydrogens is 259 g/mol.